The minimum absolute atomic E-state index is 0.202. The summed E-state index contributed by atoms with van der Waals surface area (Å²) in [6, 6.07) is 0. The van der Waals surface area contributed by atoms with Gasteiger partial charge in [0.1, 0.15) is 0 Å². The SMILES string of the molecule is O=C(Cl)CCC1CC=CC1. The van der Waals surface area contributed by atoms with Crippen molar-refractivity contribution < 1.29 is 4.79 Å². The van der Waals surface area contributed by atoms with Crippen LogP contribution in [0.2, 0.25) is 0 Å². The van der Waals surface area contributed by atoms with Crippen LogP contribution < -0.4 is 0 Å². The van der Waals surface area contributed by atoms with Crippen molar-refractivity contribution in [3.63, 3.8) is 0 Å². The molecule has 1 rings (SSSR count). The van der Waals surface area contributed by atoms with Gasteiger partial charge in [0, 0.05) is 6.42 Å². The standard InChI is InChI=1S/C8H11ClO/c9-8(10)6-5-7-3-1-2-4-7/h1-2,7H,3-6H2. The van der Waals surface area contributed by atoms with E-state index in [0.717, 1.165) is 19.3 Å². The van der Waals surface area contributed by atoms with E-state index >= 15 is 0 Å². The molecule has 56 valence electrons. The van der Waals surface area contributed by atoms with Crippen LogP contribution in [0.25, 0.3) is 0 Å². The quantitative estimate of drug-likeness (QED) is 0.456. The molecule has 0 fully saturated rings. The second kappa shape index (κ2) is 3.77. The predicted octanol–water partition coefficient (Wildman–Crippen LogP) is 2.50. The maximum atomic E-state index is 10.3. The Bertz CT molecular complexity index is 143. The number of hydrogen-bond donors (Lipinski definition) is 0. The Balaban J connectivity index is 2.09. The first-order valence-corrected chi connectivity index (χ1v) is 4.00. The molecule has 0 heterocycles. The summed E-state index contributed by atoms with van der Waals surface area (Å²) in [6.07, 6.45) is 8.09. The van der Waals surface area contributed by atoms with Crippen LogP contribution in [0.4, 0.5) is 0 Å². The topological polar surface area (TPSA) is 17.1 Å². The fourth-order valence-corrected chi connectivity index (χ4v) is 1.34. The van der Waals surface area contributed by atoms with E-state index in [2.05, 4.69) is 12.2 Å². The van der Waals surface area contributed by atoms with Gasteiger partial charge >= 0.3 is 0 Å². The number of carbonyl (C=O) groups excluding carboxylic acids is 1. The zero-order chi connectivity index (χ0) is 7.40. The van der Waals surface area contributed by atoms with E-state index in [1.54, 1.807) is 0 Å². The lowest BCUT2D eigenvalue weighted by molar-refractivity contribution is -0.111. The van der Waals surface area contributed by atoms with Gasteiger partial charge < -0.3 is 0 Å². The molecule has 0 unspecified atom stereocenters. The van der Waals surface area contributed by atoms with Gasteiger partial charge in [0.2, 0.25) is 5.24 Å². The van der Waals surface area contributed by atoms with Gasteiger partial charge in [-0.25, -0.2) is 0 Å². The van der Waals surface area contributed by atoms with E-state index in [-0.39, 0.29) is 5.24 Å². The summed E-state index contributed by atoms with van der Waals surface area (Å²) in [5.74, 6) is 0.683. The molecule has 0 bridgehead atoms. The maximum Gasteiger partial charge on any atom is 0.221 e. The summed E-state index contributed by atoms with van der Waals surface area (Å²) in [7, 11) is 0. The number of allylic oxidation sites excluding steroid dienone is 2. The largest absolute Gasteiger partial charge is 0.281 e. The molecule has 0 aromatic carbocycles. The summed E-state index contributed by atoms with van der Waals surface area (Å²) < 4.78 is 0. The first kappa shape index (κ1) is 7.80. The summed E-state index contributed by atoms with van der Waals surface area (Å²) >= 11 is 5.20. The molecule has 0 atom stereocenters. The van der Waals surface area contributed by atoms with Gasteiger partial charge in [0.25, 0.3) is 0 Å². The molecule has 1 aliphatic carbocycles. The van der Waals surface area contributed by atoms with Crippen molar-refractivity contribution in [3.8, 4) is 0 Å². The number of carbonyl (C=O) groups is 1. The molecule has 0 aliphatic heterocycles. The lowest BCUT2D eigenvalue weighted by Gasteiger charge is -2.04. The van der Waals surface area contributed by atoms with Gasteiger partial charge in [-0.1, -0.05) is 12.2 Å². The first-order valence-electron chi connectivity index (χ1n) is 3.62. The smallest absolute Gasteiger partial charge is 0.221 e. The molecular formula is C8H11ClO. The maximum absolute atomic E-state index is 10.3. The first-order chi connectivity index (χ1) is 4.79. The Labute approximate surface area is 66.1 Å². The number of halogens is 1. The lowest BCUT2D eigenvalue weighted by atomic mass is 10.0. The van der Waals surface area contributed by atoms with Crippen LogP contribution in [0.3, 0.4) is 0 Å². The van der Waals surface area contributed by atoms with Crippen LogP contribution >= 0.6 is 11.6 Å². The molecule has 0 radical (unpaired) electrons. The van der Waals surface area contributed by atoms with Gasteiger partial charge in [0.15, 0.2) is 0 Å². The fraction of sp³-hybridized carbons (Fsp3) is 0.625. The van der Waals surface area contributed by atoms with Gasteiger partial charge in [-0.05, 0) is 36.8 Å². The van der Waals surface area contributed by atoms with Crippen molar-refractivity contribution in [2.24, 2.45) is 5.92 Å². The van der Waals surface area contributed by atoms with Crippen LogP contribution in [0.1, 0.15) is 25.7 Å². The highest BCUT2D eigenvalue weighted by Crippen LogP contribution is 2.22. The average Bonchev–Trinajstić information content (AvgIpc) is 2.34. The average molecular weight is 159 g/mol. The molecule has 0 aromatic heterocycles. The molecule has 2 heteroatoms. The van der Waals surface area contributed by atoms with Gasteiger partial charge in [0.05, 0.1) is 0 Å². The van der Waals surface area contributed by atoms with Gasteiger partial charge in [-0.2, -0.15) is 0 Å². The second-order valence-electron chi connectivity index (χ2n) is 2.70. The van der Waals surface area contributed by atoms with E-state index in [9.17, 15) is 4.79 Å². The summed E-state index contributed by atoms with van der Waals surface area (Å²) in [5.41, 5.74) is 0. The Hall–Kier alpha value is -0.300. The summed E-state index contributed by atoms with van der Waals surface area (Å²) in [5, 5.41) is -0.202. The van der Waals surface area contributed by atoms with Crippen molar-refractivity contribution in [3.05, 3.63) is 12.2 Å². The normalized spacial score (nSPS) is 18.1. The van der Waals surface area contributed by atoms with Crippen LogP contribution in [0.5, 0.6) is 0 Å². The molecule has 0 aromatic rings. The lowest BCUT2D eigenvalue weighted by Crippen LogP contribution is -1.96. The van der Waals surface area contributed by atoms with Crippen molar-refractivity contribution in [1.82, 2.24) is 0 Å². The zero-order valence-electron chi connectivity index (χ0n) is 5.85. The third kappa shape index (κ3) is 2.53. The number of rotatable bonds is 3. The van der Waals surface area contributed by atoms with E-state index in [1.165, 1.54) is 0 Å². The summed E-state index contributed by atoms with van der Waals surface area (Å²) in [4.78, 5) is 10.3. The van der Waals surface area contributed by atoms with Crippen LogP contribution in [-0.2, 0) is 4.79 Å². The highest BCUT2D eigenvalue weighted by Gasteiger charge is 2.10. The van der Waals surface area contributed by atoms with Crippen LogP contribution in [-0.4, -0.2) is 5.24 Å². The van der Waals surface area contributed by atoms with Crippen molar-refractivity contribution >= 4 is 16.8 Å². The van der Waals surface area contributed by atoms with Crippen molar-refractivity contribution in [1.29, 1.82) is 0 Å². The van der Waals surface area contributed by atoms with Crippen molar-refractivity contribution in [2.45, 2.75) is 25.7 Å². The molecule has 10 heavy (non-hydrogen) atoms. The molecule has 0 N–H and O–H groups in total. The Morgan fingerprint density at radius 2 is 2.10 bits per heavy atom. The molecule has 0 amide bonds. The minimum Gasteiger partial charge on any atom is -0.281 e. The molecule has 0 spiro atoms. The third-order valence-electron chi connectivity index (χ3n) is 1.85. The van der Waals surface area contributed by atoms with E-state index in [0.29, 0.717) is 12.3 Å². The Morgan fingerprint density at radius 3 is 2.60 bits per heavy atom. The Kier molecular flexibility index (Phi) is 2.94. The van der Waals surface area contributed by atoms with Crippen LogP contribution in [0, 0.1) is 5.92 Å². The van der Waals surface area contributed by atoms with E-state index < -0.39 is 0 Å². The molecule has 1 aliphatic rings. The monoisotopic (exact) mass is 158 g/mol. The van der Waals surface area contributed by atoms with Gasteiger partial charge in [-0.3, -0.25) is 4.79 Å². The molecular weight excluding hydrogens is 148 g/mol. The third-order valence-corrected chi connectivity index (χ3v) is 2.04. The van der Waals surface area contributed by atoms with E-state index in [4.69, 9.17) is 11.6 Å². The van der Waals surface area contributed by atoms with Crippen molar-refractivity contribution in [2.75, 3.05) is 0 Å². The van der Waals surface area contributed by atoms with E-state index in [1.807, 2.05) is 0 Å². The van der Waals surface area contributed by atoms with Crippen LogP contribution in [0.15, 0.2) is 12.2 Å². The molecule has 1 nitrogen and oxygen atoms in total. The molecule has 0 saturated carbocycles. The predicted molar refractivity (Wildman–Crippen MR) is 42.0 cm³/mol. The highest BCUT2D eigenvalue weighted by molar-refractivity contribution is 6.63. The zero-order valence-corrected chi connectivity index (χ0v) is 6.60. The molecule has 0 saturated heterocycles. The summed E-state index contributed by atoms with van der Waals surface area (Å²) in [6.45, 7) is 0. The highest BCUT2D eigenvalue weighted by atomic mass is 35.5. The number of hydrogen-bond acceptors (Lipinski definition) is 1. The minimum atomic E-state index is -0.202. The van der Waals surface area contributed by atoms with Gasteiger partial charge in [-0.15, -0.1) is 0 Å². The second-order valence-corrected chi connectivity index (χ2v) is 3.12. The fourth-order valence-electron chi connectivity index (χ4n) is 1.23. The Morgan fingerprint density at radius 1 is 1.50 bits per heavy atom.